The molecule has 1 aromatic carbocycles. The molecular formula is C13H22N2O3S. The number of aryl methyl sites for hydroxylation is 1. The molecule has 19 heavy (non-hydrogen) atoms. The summed E-state index contributed by atoms with van der Waals surface area (Å²) >= 11 is 0. The van der Waals surface area contributed by atoms with Crippen LogP contribution >= 0.6 is 0 Å². The van der Waals surface area contributed by atoms with Crippen LogP contribution < -0.4 is 5.73 Å². The minimum Gasteiger partial charge on any atom is -0.399 e. The summed E-state index contributed by atoms with van der Waals surface area (Å²) in [4.78, 5) is 0.210. The molecule has 0 fully saturated rings. The molecule has 0 heterocycles. The predicted octanol–water partition coefficient (Wildman–Crippen LogP) is 1.22. The van der Waals surface area contributed by atoms with Crippen LogP contribution in [0.15, 0.2) is 23.1 Å². The van der Waals surface area contributed by atoms with E-state index in [2.05, 4.69) is 0 Å². The van der Waals surface area contributed by atoms with Crippen molar-refractivity contribution >= 4 is 15.7 Å². The van der Waals surface area contributed by atoms with Gasteiger partial charge in [0.2, 0.25) is 10.0 Å². The Morgan fingerprint density at radius 2 is 1.95 bits per heavy atom. The lowest BCUT2D eigenvalue weighted by atomic mass is 10.1. The van der Waals surface area contributed by atoms with Crippen molar-refractivity contribution in [1.29, 1.82) is 0 Å². The molecule has 0 aliphatic rings. The van der Waals surface area contributed by atoms with Crippen LogP contribution in [-0.2, 0) is 16.4 Å². The van der Waals surface area contributed by atoms with Crippen LogP contribution in [0.4, 0.5) is 5.69 Å². The van der Waals surface area contributed by atoms with E-state index in [4.69, 9.17) is 5.73 Å². The van der Waals surface area contributed by atoms with E-state index in [1.807, 2.05) is 6.92 Å². The van der Waals surface area contributed by atoms with Crippen molar-refractivity contribution in [3.8, 4) is 0 Å². The molecular weight excluding hydrogens is 264 g/mol. The Balaban J connectivity index is 3.23. The zero-order valence-corrected chi connectivity index (χ0v) is 12.7. The molecule has 0 aromatic heterocycles. The van der Waals surface area contributed by atoms with Gasteiger partial charge in [-0.25, -0.2) is 8.42 Å². The molecule has 0 amide bonds. The van der Waals surface area contributed by atoms with Gasteiger partial charge in [-0.1, -0.05) is 13.0 Å². The first-order valence-electron chi connectivity index (χ1n) is 6.15. The van der Waals surface area contributed by atoms with E-state index in [0.717, 1.165) is 9.87 Å². The third-order valence-electron chi connectivity index (χ3n) is 2.77. The van der Waals surface area contributed by atoms with Crippen LogP contribution in [0, 0.1) is 0 Å². The SMILES string of the molecule is CCc1ccc(N)cc1S(=O)(=O)N(C)CC(C)(C)O. The predicted molar refractivity (Wildman–Crippen MR) is 76.3 cm³/mol. The van der Waals surface area contributed by atoms with Crippen LogP contribution in [0.1, 0.15) is 26.3 Å². The van der Waals surface area contributed by atoms with Gasteiger partial charge in [-0.15, -0.1) is 0 Å². The highest BCUT2D eigenvalue weighted by Gasteiger charge is 2.28. The summed E-state index contributed by atoms with van der Waals surface area (Å²) in [5.41, 5.74) is 5.71. The van der Waals surface area contributed by atoms with Crippen molar-refractivity contribution in [2.75, 3.05) is 19.3 Å². The molecule has 1 rings (SSSR count). The van der Waals surface area contributed by atoms with Gasteiger partial charge in [0.25, 0.3) is 0 Å². The molecule has 6 heteroatoms. The molecule has 108 valence electrons. The molecule has 0 bridgehead atoms. The molecule has 0 aliphatic carbocycles. The highest BCUT2D eigenvalue weighted by Crippen LogP contribution is 2.23. The van der Waals surface area contributed by atoms with E-state index in [9.17, 15) is 13.5 Å². The maximum absolute atomic E-state index is 12.5. The highest BCUT2D eigenvalue weighted by atomic mass is 32.2. The summed E-state index contributed by atoms with van der Waals surface area (Å²) in [6.45, 7) is 5.05. The quantitative estimate of drug-likeness (QED) is 0.797. The van der Waals surface area contributed by atoms with Gasteiger partial charge < -0.3 is 10.8 Å². The number of nitrogens with two attached hydrogens (primary N) is 1. The first-order valence-corrected chi connectivity index (χ1v) is 7.59. The minimum absolute atomic E-state index is 0.0211. The first-order chi connectivity index (χ1) is 8.58. The maximum atomic E-state index is 12.5. The smallest absolute Gasteiger partial charge is 0.243 e. The number of likely N-dealkylation sites (N-methyl/N-ethyl adjacent to an activating group) is 1. The van der Waals surface area contributed by atoms with Crippen LogP contribution in [0.2, 0.25) is 0 Å². The fourth-order valence-corrected chi connectivity index (χ4v) is 3.55. The van der Waals surface area contributed by atoms with Crippen molar-refractivity contribution in [2.45, 2.75) is 37.7 Å². The number of nitrogen functional groups attached to an aromatic ring is 1. The Morgan fingerprint density at radius 3 is 2.42 bits per heavy atom. The van der Waals surface area contributed by atoms with Crippen molar-refractivity contribution in [1.82, 2.24) is 4.31 Å². The number of nitrogens with zero attached hydrogens (tertiary/aromatic N) is 1. The van der Waals surface area contributed by atoms with Gasteiger partial charge in [-0.2, -0.15) is 4.31 Å². The van der Waals surface area contributed by atoms with Crippen molar-refractivity contribution in [3.63, 3.8) is 0 Å². The van der Waals surface area contributed by atoms with E-state index in [1.54, 1.807) is 26.0 Å². The van der Waals surface area contributed by atoms with E-state index < -0.39 is 15.6 Å². The average molecular weight is 286 g/mol. The molecule has 1 aromatic rings. The zero-order chi connectivity index (χ0) is 14.8. The lowest BCUT2D eigenvalue weighted by Crippen LogP contribution is -2.39. The van der Waals surface area contributed by atoms with Gasteiger partial charge in [0.15, 0.2) is 0 Å². The van der Waals surface area contributed by atoms with Crippen LogP contribution in [0.3, 0.4) is 0 Å². The molecule has 0 spiro atoms. The van der Waals surface area contributed by atoms with Gasteiger partial charge in [-0.05, 0) is 38.0 Å². The third kappa shape index (κ3) is 3.92. The Hall–Kier alpha value is -1.11. The number of aliphatic hydroxyl groups is 1. The maximum Gasteiger partial charge on any atom is 0.243 e. The summed E-state index contributed by atoms with van der Waals surface area (Å²) in [6, 6.07) is 4.88. The van der Waals surface area contributed by atoms with E-state index in [1.165, 1.54) is 13.1 Å². The summed E-state index contributed by atoms with van der Waals surface area (Å²) < 4.78 is 26.2. The second kappa shape index (κ2) is 5.48. The highest BCUT2D eigenvalue weighted by molar-refractivity contribution is 7.89. The summed E-state index contributed by atoms with van der Waals surface area (Å²) in [5.74, 6) is 0. The van der Waals surface area contributed by atoms with Crippen LogP contribution in [0.5, 0.6) is 0 Å². The monoisotopic (exact) mass is 286 g/mol. The number of hydrogen-bond acceptors (Lipinski definition) is 4. The number of benzene rings is 1. The van der Waals surface area contributed by atoms with Gasteiger partial charge in [-0.3, -0.25) is 0 Å². The third-order valence-corrected chi connectivity index (χ3v) is 4.66. The number of anilines is 1. The van der Waals surface area contributed by atoms with Gasteiger partial charge in [0.1, 0.15) is 0 Å². The molecule has 0 atom stereocenters. The van der Waals surface area contributed by atoms with Gasteiger partial charge in [0, 0.05) is 19.3 Å². The fraction of sp³-hybridized carbons (Fsp3) is 0.538. The topological polar surface area (TPSA) is 83.6 Å². The van der Waals surface area contributed by atoms with Crippen LogP contribution in [0.25, 0.3) is 0 Å². The molecule has 0 radical (unpaired) electrons. The Bertz CT molecular complexity index is 547. The fourth-order valence-electron chi connectivity index (χ4n) is 1.90. The average Bonchev–Trinajstić information content (AvgIpc) is 2.26. The second-order valence-electron chi connectivity index (χ2n) is 5.29. The van der Waals surface area contributed by atoms with Crippen molar-refractivity contribution in [3.05, 3.63) is 23.8 Å². The molecule has 3 N–H and O–H groups in total. The summed E-state index contributed by atoms with van der Waals surface area (Å²) in [7, 11) is -2.19. The Kier molecular flexibility index (Phi) is 4.60. The molecule has 5 nitrogen and oxygen atoms in total. The molecule has 0 saturated carbocycles. The summed E-state index contributed by atoms with van der Waals surface area (Å²) in [6.07, 6.45) is 0.602. The second-order valence-corrected chi connectivity index (χ2v) is 7.31. The molecule has 0 saturated heterocycles. The zero-order valence-electron chi connectivity index (χ0n) is 11.8. The number of rotatable bonds is 5. The van der Waals surface area contributed by atoms with Crippen molar-refractivity contribution in [2.24, 2.45) is 0 Å². The largest absolute Gasteiger partial charge is 0.399 e. The lowest BCUT2D eigenvalue weighted by molar-refractivity contribution is 0.0640. The van der Waals surface area contributed by atoms with Crippen molar-refractivity contribution < 1.29 is 13.5 Å². The molecule has 0 aliphatic heterocycles. The Labute approximate surface area is 115 Å². The Morgan fingerprint density at radius 1 is 1.37 bits per heavy atom. The summed E-state index contributed by atoms with van der Waals surface area (Å²) in [5, 5.41) is 9.75. The first kappa shape index (κ1) is 15.9. The molecule has 0 unspecified atom stereocenters. The number of sulfonamides is 1. The lowest BCUT2D eigenvalue weighted by Gasteiger charge is -2.26. The van der Waals surface area contributed by atoms with Gasteiger partial charge in [0.05, 0.1) is 10.5 Å². The normalized spacial score (nSPS) is 12.9. The minimum atomic E-state index is -3.64. The van der Waals surface area contributed by atoms with E-state index >= 15 is 0 Å². The van der Waals surface area contributed by atoms with Gasteiger partial charge >= 0.3 is 0 Å². The number of hydrogen-bond donors (Lipinski definition) is 2. The van der Waals surface area contributed by atoms with Crippen LogP contribution in [-0.4, -0.2) is 37.0 Å². The van der Waals surface area contributed by atoms with E-state index in [-0.39, 0.29) is 11.4 Å². The van der Waals surface area contributed by atoms with E-state index in [0.29, 0.717) is 12.1 Å². The standard InChI is InChI=1S/C13H22N2O3S/c1-5-10-6-7-11(14)8-12(10)19(17,18)15(4)9-13(2,3)16/h6-8,16H,5,9,14H2,1-4H3.